The quantitative estimate of drug-likeness (QED) is 0.267. The molecule has 0 atom stereocenters. The molecule has 0 saturated carbocycles. The first-order valence-corrected chi connectivity index (χ1v) is 10.2. The molecular weight excluding hydrogens is 437 g/mol. The van der Waals surface area contributed by atoms with Crippen LogP contribution >= 0.6 is 0 Å². The summed E-state index contributed by atoms with van der Waals surface area (Å²) < 4.78 is 45.9. The normalized spacial score (nSPS) is 12.5. The number of ether oxygens (including phenoxy) is 1. The van der Waals surface area contributed by atoms with Crippen LogP contribution in [0.4, 0.5) is 18.9 Å². The van der Waals surface area contributed by atoms with Crippen LogP contribution in [0.15, 0.2) is 46.5 Å². The van der Waals surface area contributed by atoms with Crippen molar-refractivity contribution in [2.24, 2.45) is 10.1 Å². The number of aliphatic imine (C=N–C) groups is 1. The Morgan fingerprint density at radius 1 is 1.24 bits per heavy atom. The van der Waals surface area contributed by atoms with Crippen LogP contribution in [0.25, 0.3) is 11.0 Å². The van der Waals surface area contributed by atoms with E-state index in [1.807, 2.05) is 37.9 Å². The molecule has 176 valence electrons. The maximum atomic E-state index is 12.9. The number of nitrogens with zero attached hydrogens (tertiary/aromatic N) is 6. The number of rotatable bonds is 9. The monoisotopic (exact) mass is 462 g/mol. The van der Waals surface area contributed by atoms with E-state index in [1.165, 1.54) is 19.2 Å². The number of alkyl halides is 3. The van der Waals surface area contributed by atoms with E-state index < -0.39 is 11.7 Å². The van der Waals surface area contributed by atoms with Crippen molar-refractivity contribution in [1.29, 1.82) is 0 Å². The maximum absolute atomic E-state index is 12.9. The molecule has 0 unspecified atom stereocenters. The van der Waals surface area contributed by atoms with Crippen LogP contribution in [0.5, 0.6) is 5.75 Å². The minimum absolute atomic E-state index is 0.0764. The number of benzene rings is 2. The molecule has 11 heteroatoms. The Balaban J connectivity index is 1.77. The molecule has 3 rings (SSSR count). The minimum Gasteiger partial charge on any atom is -0.487 e. The van der Waals surface area contributed by atoms with Crippen molar-refractivity contribution in [3.63, 3.8) is 0 Å². The van der Waals surface area contributed by atoms with Gasteiger partial charge in [0.15, 0.2) is 0 Å². The van der Waals surface area contributed by atoms with E-state index in [0.717, 1.165) is 35.4 Å². The first-order valence-electron chi connectivity index (χ1n) is 10.2. The van der Waals surface area contributed by atoms with Gasteiger partial charge in [0.2, 0.25) is 0 Å². The van der Waals surface area contributed by atoms with Crippen LogP contribution in [-0.2, 0) is 17.6 Å². The molecule has 2 aromatic carbocycles. The second-order valence-electron chi connectivity index (χ2n) is 7.35. The van der Waals surface area contributed by atoms with Crippen LogP contribution in [0.3, 0.4) is 0 Å². The van der Waals surface area contributed by atoms with E-state index in [4.69, 9.17) is 9.57 Å². The molecule has 0 spiro atoms. The third kappa shape index (κ3) is 6.21. The summed E-state index contributed by atoms with van der Waals surface area (Å²) in [5, 5.41) is 12.3. The molecule has 0 fully saturated rings. The van der Waals surface area contributed by atoms with Crippen molar-refractivity contribution in [2.75, 3.05) is 27.3 Å². The fourth-order valence-electron chi connectivity index (χ4n) is 2.94. The Bertz CT molecular complexity index is 1160. The highest BCUT2D eigenvalue weighted by Crippen LogP contribution is 2.31. The molecule has 0 radical (unpaired) electrons. The summed E-state index contributed by atoms with van der Waals surface area (Å²) >= 11 is 0. The lowest BCUT2D eigenvalue weighted by Crippen LogP contribution is -2.20. The summed E-state index contributed by atoms with van der Waals surface area (Å²) in [6.07, 6.45) is -2.69. The van der Waals surface area contributed by atoms with Gasteiger partial charge in [-0.2, -0.15) is 13.2 Å². The van der Waals surface area contributed by atoms with Crippen LogP contribution in [-0.4, -0.2) is 59.3 Å². The smallest absolute Gasteiger partial charge is 0.416 e. The number of hydrogen-bond acceptors (Lipinski definition) is 6. The van der Waals surface area contributed by atoms with Crippen LogP contribution in [0.2, 0.25) is 0 Å². The fraction of sp³-hybridized carbons (Fsp3) is 0.364. The number of fused-ring (bicyclic) bond motifs is 1. The highest BCUT2D eigenvalue weighted by Gasteiger charge is 2.30. The summed E-state index contributed by atoms with van der Waals surface area (Å²) in [5.41, 5.74) is 2.78. The average Bonchev–Trinajstić information content (AvgIpc) is 3.16. The summed E-state index contributed by atoms with van der Waals surface area (Å²) in [6, 6.07) is 8.44. The number of aromatic nitrogens is 3. The van der Waals surface area contributed by atoms with Crippen LogP contribution < -0.4 is 4.74 Å². The first-order chi connectivity index (χ1) is 15.7. The van der Waals surface area contributed by atoms with Crippen molar-refractivity contribution in [3.05, 3.63) is 47.5 Å². The van der Waals surface area contributed by atoms with Crippen LogP contribution in [0, 0.1) is 6.92 Å². The minimum atomic E-state index is -4.45. The molecule has 0 aliphatic rings. The lowest BCUT2D eigenvalue weighted by Gasteiger charge is -2.12. The van der Waals surface area contributed by atoms with Gasteiger partial charge in [0, 0.05) is 13.6 Å². The van der Waals surface area contributed by atoms with Gasteiger partial charge < -0.3 is 14.5 Å². The fourth-order valence-corrected chi connectivity index (χ4v) is 2.94. The Kier molecular flexibility index (Phi) is 7.52. The largest absolute Gasteiger partial charge is 0.487 e. The van der Waals surface area contributed by atoms with Gasteiger partial charge >= 0.3 is 6.18 Å². The second kappa shape index (κ2) is 10.3. The van der Waals surface area contributed by atoms with Gasteiger partial charge in [-0.15, -0.1) is 5.10 Å². The van der Waals surface area contributed by atoms with Crippen molar-refractivity contribution in [3.8, 4) is 5.75 Å². The maximum Gasteiger partial charge on any atom is 0.416 e. The van der Waals surface area contributed by atoms with E-state index >= 15 is 0 Å². The van der Waals surface area contributed by atoms with Crippen molar-refractivity contribution < 1.29 is 22.7 Å². The van der Waals surface area contributed by atoms with Gasteiger partial charge in [-0.25, -0.2) is 9.67 Å². The highest BCUT2D eigenvalue weighted by molar-refractivity contribution is 5.87. The topological polar surface area (TPSA) is 77.1 Å². The molecule has 8 nitrogen and oxygen atoms in total. The van der Waals surface area contributed by atoms with Gasteiger partial charge in [-0.05, 0) is 49.7 Å². The van der Waals surface area contributed by atoms with Crippen molar-refractivity contribution in [2.45, 2.75) is 26.6 Å². The number of hydrogen-bond donors (Lipinski definition) is 0. The van der Waals surface area contributed by atoms with E-state index in [1.54, 1.807) is 11.0 Å². The molecule has 3 aromatic rings. The summed E-state index contributed by atoms with van der Waals surface area (Å²) in [7, 11) is 3.32. The summed E-state index contributed by atoms with van der Waals surface area (Å²) in [6.45, 7) is 4.91. The van der Waals surface area contributed by atoms with E-state index in [-0.39, 0.29) is 18.9 Å². The molecule has 0 bridgehead atoms. The Morgan fingerprint density at radius 3 is 2.73 bits per heavy atom. The van der Waals surface area contributed by atoms with E-state index in [2.05, 4.69) is 20.5 Å². The highest BCUT2D eigenvalue weighted by atomic mass is 19.4. The van der Waals surface area contributed by atoms with E-state index in [9.17, 15) is 13.2 Å². The lowest BCUT2D eigenvalue weighted by atomic mass is 10.2. The van der Waals surface area contributed by atoms with Crippen LogP contribution in [0.1, 0.15) is 18.1 Å². The van der Waals surface area contributed by atoms with Crippen molar-refractivity contribution in [1.82, 2.24) is 19.9 Å². The lowest BCUT2D eigenvalue weighted by molar-refractivity contribution is -0.137. The Hall–Kier alpha value is -3.63. The van der Waals surface area contributed by atoms with Gasteiger partial charge in [0.1, 0.15) is 30.7 Å². The SMILES string of the molecule is CCN(C)/C=N/c1cc2nnn(C/C(COc3cccc(C(F)(F)F)c3)=N/OC)c2cc1C. The number of halogens is 3. The molecular formula is C22H25F3N6O2. The molecule has 0 aliphatic heterocycles. The Morgan fingerprint density at radius 2 is 2.03 bits per heavy atom. The second-order valence-corrected chi connectivity index (χ2v) is 7.35. The van der Waals surface area contributed by atoms with Crippen molar-refractivity contribution >= 4 is 28.8 Å². The number of oxime groups is 1. The summed E-state index contributed by atoms with van der Waals surface area (Å²) in [4.78, 5) is 11.3. The molecule has 0 N–H and O–H groups in total. The molecule has 0 aliphatic carbocycles. The van der Waals surface area contributed by atoms with E-state index in [0.29, 0.717) is 11.2 Å². The zero-order valence-electron chi connectivity index (χ0n) is 18.8. The number of aryl methyl sites for hydroxylation is 1. The molecule has 33 heavy (non-hydrogen) atoms. The first kappa shape index (κ1) is 24.0. The van der Waals surface area contributed by atoms with Gasteiger partial charge in [0.05, 0.1) is 29.7 Å². The average molecular weight is 462 g/mol. The zero-order chi connectivity index (χ0) is 24.0. The standard InChI is InChI=1S/C22H25F3N6O2/c1-5-30(3)14-26-19-11-20-21(9-15(19)2)31(29-27-20)12-17(28-32-4)13-33-18-8-6-7-16(10-18)22(23,24)25/h6-11,14H,5,12-13H2,1-4H3/b26-14+,28-17-. The molecule has 1 aromatic heterocycles. The zero-order valence-corrected chi connectivity index (χ0v) is 18.8. The molecule has 0 saturated heterocycles. The summed E-state index contributed by atoms with van der Waals surface area (Å²) in [5.74, 6) is 0.0764. The van der Waals surface area contributed by atoms with Gasteiger partial charge in [0.25, 0.3) is 0 Å². The predicted molar refractivity (Wildman–Crippen MR) is 120 cm³/mol. The predicted octanol–water partition coefficient (Wildman–Crippen LogP) is 4.45. The Labute approximate surface area is 189 Å². The third-order valence-corrected chi connectivity index (χ3v) is 4.84. The third-order valence-electron chi connectivity index (χ3n) is 4.84. The molecule has 0 amide bonds. The molecule has 1 heterocycles. The van der Waals surface area contributed by atoms with Gasteiger partial charge in [-0.1, -0.05) is 16.4 Å². The van der Waals surface area contributed by atoms with Gasteiger partial charge in [-0.3, -0.25) is 0 Å².